The van der Waals surface area contributed by atoms with Crippen LogP contribution in [0.3, 0.4) is 0 Å². The maximum Gasteiger partial charge on any atom is 0.123 e. The molecular weight excluding hydrogens is 284 g/mol. The van der Waals surface area contributed by atoms with Crippen LogP contribution in [0.25, 0.3) is 0 Å². The van der Waals surface area contributed by atoms with E-state index in [4.69, 9.17) is 23.2 Å². The second kappa shape index (κ2) is 6.38. The Morgan fingerprint density at radius 3 is 2.63 bits per heavy atom. The first-order chi connectivity index (χ1) is 9.06. The van der Waals surface area contributed by atoms with E-state index in [1.807, 2.05) is 19.1 Å². The summed E-state index contributed by atoms with van der Waals surface area (Å²) in [7, 11) is 0. The zero-order chi connectivity index (χ0) is 13.8. The van der Waals surface area contributed by atoms with Crippen LogP contribution in [0.15, 0.2) is 42.5 Å². The maximum atomic E-state index is 13.1. The number of hydrogen-bond acceptors (Lipinski definition) is 1. The van der Waals surface area contributed by atoms with Crippen LogP contribution in [-0.2, 0) is 6.54 Å². The minimum absolute atomic E-state index is 0.0439. The summed E-state index contributed by atoms with van der Waals surface area (Å²) in [6.45, 7) is 2.59. The fraction of sp³-hybridized carbons (Fsp3) is 0.200. The van der Waals surface area contributed by atoms with E-state index in [1.54, 1.807) is 18.2 Å². The van der Waals surface area contributed by atoms with Crippen molar-refractivity contribution < 1.29 is 4.39 Å². The molecule has 1 N–H and O–H groups in total. The molecule has 0 aromatic heterocycles. The Kier molecular flexibility index (Phi) is 4.81. The van der Waals surface area contributed by atoms with Crippen molar-refractivity contribution in [1.29, 1.82) is 0 Å². The van der Waals surface area contributed by atoms with Gasteiger partial charge in [-0.3, -0.25) is 0 Å². The fourth-order valence-electron chi connectivity index (χ4n) is 1.82. The quantitative estimate of drug-likeness (QED) is 0.839. The van der Waals surface area contributed by atoms with E-state index >= 15 is 0 Å². The van der Waals surface area contributed by atoms with Crippen molar-refractivity contribution in [2.24, 2.45) is 0 Å². The van der Waals surface area contributed by atoms with E-state index in [0.717, 1.165) is 11.1 Å². The van der Waals surface area contributed by atoms with Crippen molar-refractivity contribution in [1.82, 2.24) is 5.32 Å². The number of hydrogen-bond donors (Lipinski definition) is 1. The molecule has 2 rings (SSSR count). The molecule has 0 aliphatic heterocycles. The summed E-state index contributed by atoms with van der Waals surface area (Å²) in [6.07, 6.45) is 0. The standard InChI is InChI=1S/C15H14Cl2FN/c1-10(11-3-2-4-14(18)7-11)19-9-12-5-6-13(16)8-15(12)17/h2-8,10,19H,9H2,1H3/t10-/m1/s1. The van der Waals surface area contributed by atoms with Crippen LogP contribution in [0.1, 0.15) is 24.1 Å². The Labute approximate surface area is 122 Å². The molecule has 0 saturated carbocycles. The molecule has 0 bridgehead atoms. The number of nitrogens with one attached hydrogen (secondary N) is 1. The fourth-order valence-corrected chi connectivity index (χ4v) is 2.30. The molecule has 2 aromatic rings. The van der Waals surface area contributed by atoms with E-state index in [2.05, 4.69) is 5.32 Å². The lowest BCUT2D eigenvalue weighted by Crippen LogP contribution is -2.18. The molecule has 0 unspecified atom stereocenters. The van der Waals surface area contributed by atoms with E-state index < -0.39 is 0 Å². The molecule has 1 atom stereocenters. The summed E-state index contributed by atoms with van der Waals surface area (Å²) < 4.78 is 13.1. The molecule has 19 heavy (non-hydrogen) atoms. The van der Waals surface area contributed by atoms with Crippen molar-refractivity contribution >= 4 is 23.2 Å². The Bertz CT molecular complexity index is 572. The molecule has 0 amide bonds. The highest BCUT2D eigenvalue weighted by Gasteiger charge is 2.07. The summed E-state index contributed by atoms with van der Waals surface area (Å²) in [4.78, 5) is 0. The van der Waals surface area contributed by atoms with Gasteiger partial charge in [0.25, 0.3) is 0 Å². The summed E-state index contributed by atoms with van der Waals surface area (Å²) in [6, 6.07) is 12.0. The first kappa shape index (κ1) is 14.3. The summed E-state index contributed by atoms with van der Waals surface area (Å²) in [5, 5.41) is 4.56. The smallest absolute Gasteiger partial charge is 0.123 e. The molecule has 0 fully saturated rings. The van der Waals surface area contributed by atoms with E-state index in [1.165, 1.54) is 12.1 Å². The molecule has 0 aliphatic rings. The molecular formula is C15H14Cl2FN. The van der Waals surface area contributed by atoms with Crippen LogP contribution in [0.4, 0.5) is 4.39 Å². The minimum atomic E-state index is -0.226. The molecule has 0 aliphatic carbocycles. The Morgan fingerprint density at radius 1 is 1.16 bits per heavy atom. The van der Waals surface area contributed by atoms with Gasteiger partial charge in [-0.25, -0.2) is 4.39 Å². The van der Waals surface area contributed by atoms with Crippen LogP contribution in [0.5, 0.6) is 0 Å². The lowest BCUT2D eigenvalue weighted by molar-refractivity contribution is 0.565. The molecule has 1 nitrogen and oxygen atoms in total. The highest BCUT2D eigenvalue weighted by atomic mass is 35.5. The van der Waals surface area contributed by atoms with Crippen molar-refractivity contribution in [3.63, 3.8) is 0 Å². The lowest BCUT2D eigenvalue weighted by atomic mass is 10.1. The van der Waals surface area contributed by atoms with Gasteiger partial charge in [-0.1, -0.05) is 41.4 Å². The van der Waals surface area contributed by atoms with Gasteiger partial charge in [-0.05, 0) is 42.3 Å². The first-order valence-electron chi connectivity index (χ1n) is 5.99. The van der Waals surface area contributed by atoms with Gasteiger partial charge in [0, 0.05) is 22.6 Å². The highest BCUT2D eigenvalue weighted by Crippen LogP contribution is 2.22. The summed E-state index contributed by atoms with van der Waals surface area (Å²) >= 11 is 11.9. The zero-order valence-electron chi connectivity index (χ0n) is 10.5. The van der Waals surface area contributed by atoms with E-state index in [9.17, 15) is 4.39 Å². The number of halogens is 3. The predicted octanol–water partition coefficient (Wildman–Crippen LogP) is 4.98. The third-order valence-electron chi connectivity index (χ3n) is 2.96. The summed E-state index contributed by atoms with van der Waals surface area (Å²) in [5.41, 5.74) is 1.87. The van der Waals surface area contributed by atoms with E-state index in [-0.39, 0.29) is 11.9 Å². The Hall–Kier alpha value is -1.09. The molecule has 0 saturated heterocycles. The third kappa shape index (κ3) is 3.93. The van der Waals surface area contributed by atoms with Crippen molar-refractivity contribution in [3.8, 4) is 0 Å². The second-order valence-electron chi connectivity index (χ2n) is 4.39. The minimum Gasteiger partial charge on any atom is -0.306 e. The van der Waals surface area contributed by atoms with Gasteiger partial charge in [0.2, 0.25) is 0 Å². The highest BCUT2D eigenvalue weighted by molar-refractivity contribution is 6.35. The van der Waals surface area contributed by atoms with E-state index in [0.29, 0.717) is 16.6 Å². The Morgan fingerprint density at radius 2 is 1.95 bits per heavy atom. The summed E-state index contributed by atoms with van der Waals surface area (Å²) in [5.74, 6) is -0.226. The van der Waals surface area contributed by atoms with Crippen molar-refractivity contribution in [2.75, 3.05) is 0 Å². The van der Waals surface area contributed by atoms with Crippen LogP contribution in [0, 0.1) is 5.82 Å². The van der Waals surface area contributed by atoms with Gasteiger partial charge >= 0.3 is 0 Å². The second-order valence-corrected chi connectivity index (χ2v) is 5.24. The average molecular weight is 298 g/mol. The Balaban J connectivity index is 2.02. The normalized spacial score (nSPS) is 12.4. The van der Waals surface area contributed by atoms with Crippen LogP contribution >= 0.6 is 23.2 Å². The van der Waals surface area contributed by atoms with Gasteiger partial charge in [0.15, 0.2) is 0 Å². The van der Waals surface area contributed by atoms with Gasteiger partial charge < -0.3 is 5.32 Å². The number of benzene rings is 2. The van der Waals surface area contributed by atoms with Crippen LogP contribution in [0.2, 0.25) is 10.0 Å². The molecule has 0 heterocycles. The molecule has 100 valence electrons. The average Bonchev–Trinajstić information content (AvgIpc) is 2.37. The van der Waals surface area contributed by atoms with Gasteiger partial charge in [0.1, 0.15) is 5.82 Å². The van der Waals surface area contributed by atoms with Gasteiger partial charge in [-0.2, -0.15) is 0 Å². The monoisotopic (exact) mass is 297 g/mol. The molecule has 2 aromatic carbocycles. The van der Waals surface area contributed by atoms with Crippen LogP contribution in [-0.4, -0.2) is 0 Å². The van der Waals surface area contributed by atoms with Gasteiger partial charge in [0.05, 0.1) is 0 Å². The predicted molar refractivity (Wildman–Crippen MR) is 78.1 cm³/mol. The lowest BCUT2D eigenvalue weighted by Gasteiger charge is -2.15. The van der Waals surface area contributed by atoms with Crippen molar-refractivity contribution in [3.05, 3.63) is 69.5 Å². The number of rotatable bonds is 4. The topological polar surface area (TPSA) is 12.0 Å². The zero-order valence-corrected chi connectivity index (χ0v) is 12.0. The SMILES string of the molecule is C[C@@H](NCc1ccc(Cl)cc1Cl)c1cccc(F)c1. The van der Waals surface area contributed by atoms with Crippen LogP contribution < -0.4 is 5.32 Å². The van der Waals surface area contributed by atoms with Gasteiger partial charge in [-0.15, -0.1) is 0 Å². The molecule has 0 spiro atoms. The molecule has 0 radical (unpaired) electrons. The largest absolute Gasteiger partial charge is 0.306 e. The maximum absolute atomic E-state index is 13.1. The first-order valence-corrected chi connectivity index (χ1v) is 6.74. The molecule has 4 heteroatoms. The third-order valence-corrected chi connectivity index (χ3v) is 3.55. The van der Waals surface area contributed by atoms with Crippen molar-refractivity contribution in [2.45, 2.75) is 19.5 Å².